The molecule has 0 aliphatic carbocycles. The van der Waals surface area contributed by atoms with Gasteiger partial charge in [-0.25, -0.2) is 14.4 Å². The Morgan fingerprint density at radius 3 is 1.73 bits per heavy atom. The fraction of sp³-hybridized carbons (Fsp3) is 0. The monoisotopic (exact) mass is 447 g/mol. The molecule has 33 heavy (non-hydrogen) atoms. The lowest BCUT2D eigenvalue weighted by Crippen LogP contribution is -2.03. The topological polar surface area (TPSA) is 136 Å². The van der Waals surface area contributed by atoms with Gasteiger partial charge in [-0.05, 0) is 35.4 Å². The maximum Gasteiger partial charge on any atom is 0.336 e. The first kappa shape index (κ1) is 30.2. The first-order valence-electron chi connectivity index (χ1n) is 9.11. The van der Waals surface area contributed by atoms with Crippen LogP contribution in [0.4, 0.5) is 0 Å². The van der Waals surface area contributed by atoms with Crippen LogP contribution in [0.15, 0.2) is 99.2 Å². The zero-order valence-corrected chi connectivity index (χ0v) is 17.9. The molecule has 0 saturated carbocycles. The molecule has 0 aliphatic heterocycles. The highest BCUT2D eigenvalue weighted by atomic mass is 16.4. The minimum atomic E-state index is -1.17. The summed E-state index contributed by atoms with van der Waals surface area (Å²) in [5.41, 5.74) is 1.29. The number of nitriles is 1. The molecular formula is C26H25NO6. The molecule has 2 aromatic carbocycles. The first-order chi connectivity index (χ1) is 15.7. The van der Waals surface area contributed by atoms with Crippen molar-refractivity contribution < 1.29 is 29.7 Å². The smallest absolute Gasteiger partial charge is 0.336 e. The number of nitrogens with zero attached hydrogens (tertiary/aromatic N) is 1. The summed E-state index contributed by atoms with van der Waals surface area (Å²) in [5, 5.41) is 33.5. The van der Waals surface area contributed by atoms with Crippen molar-refractivity contribution in [3.8, 4) is 6.07 Å². The maximum atomic E-state index is 10.8. The lowest BCUT2D eigenvalue weighted by molar-refractivity contribution is -0.131. The quantitative estimate of drug-likeness (QED) is 0.299. The third kappa shape index (κ3) is 15.5. The van der Waals surface area contributed by atoms with Crippen LogP contribution in [0.3, 0.4) is 0 Å². The lowest BCUT2D eigenvalue weighted by atomic mass is 10.0. The predicted octanol–water partition coefficient (Wildman–Crippen LogP) is 5.56. The van der Waals surface area contributed by atoms with Crippen molar-refractivity contribution in [3.63, 3.8) is 0 Å². The molecule has 0 heterocycles. The minimum absolute atomic E-state index is 0.0254. The van der Waals surface area contributed by atoms with Crippen LogP contribution in [0.25, 0.3) is 12.2 Å². The summed E-state index contributed by atoms with van der Waals surface area (Å²) >= 11 is 0. The molecule has 7 nitrogen and oxygen atoms in total. The van der Waals surface area contributed by atoms with Crippen LogP contribution in [-0.4, -0.2) is 33.2 Å². The molecule has 0 aliphatic rings. The number of hydrogen-bond acceptors (Lipinski definition) is 4. The van der Waals surface area contributed by atoms with E-state index in [4.69, 9.17) is 20.6 Å². The van der Waals surface area contributed by atoms with E-state index >= 15 is 0 Å². The van der Waals surface area contributed by atoms with Crippen molar-refractivity contribution in [1.82, 2.24) is 0 Å². The summed E-state index contributed by atoms with van der Waals surface area (Å²) in [6.07, 6.45) is 8.29. The Kier molecular flexibility index (Phi) is 17.4. The van der Waals surface area contributed by atoms with Crippen LogP contribution in [0.2, 0.25) is 0 Å². The van der Waals surface area contributed by atoms with E-state index in [9.17, 15) is 14.4 Å². The van der Waals surface area contributed by atoms with E-state index < -0.39 is 17.9 Å². The van der Waals surface area contributed by atoms with Gasteiger partial charge in [0.25, 0.3) is 0 Å². The molecule has 2 aromatic rings. The molecule has 3 N–H and O–H groups in total. The van der Waals surface area contributed by atoms with Gasteiger partial charge in [0, 0.05) is 12.2 Å². The molecule has 0 aromatic heterocycles. The van der Waals surface area contributed by atoms with E-state index in [1.807, 2.05) is 36.4 Å². The molecule has 2 rings (SSSR count). The van der Waals surface area contributed by atoms with Crippen molar-refractivity contribution >= 4 is 30.1 Å². The van der Waals surface area contributed by atoms with Gasteiger partial charge < -0.3 is 15.3 Å². The van der Waals surface area contributed by atoms with Gasteiger partial charge in [-0.2, -0.15) is 5.26 Å². The van der Waals surface area contributed by atoms with E-state index in [2.05, 4.69) is 26.3 Å². The molecule has 170 valence electrons. The van der Waals surface area contributed by atoms with Gasteiger partial charge in [0.2, 0.25) is 0 Å². The third-order valence-corrected chi connectivity index (χ3v) is 3.24. The Bertz CT molecular complexity index is 1020. The zero-order valence-electron chi connectivity index (χ0n) is 17.9. The number of aromatic carboxylic acids is 2. The minimum Gasteiger partial charge on any atom is -0.478 e. The highest BCUT2D eigenvalue weighted by molar-refractivity contribution is 5.95. The Morgan fingerprint density at radius 1 is 0.848 bits per heavy atom. The Hall–Kier alpha value is -4.96. The number of rotatable bonds is 6. The van der Waals surface area contributed by atoms with Crippen LogP contribution >= 0.6 is 0 Å². The average Bonchev–Trinajstić information content (AvgIpc) is 2.83. The largest absolute Gasteiger partial charge is 0.478 e. The number of benzene rings is 2. The summed E-state index contributed by atoms with van der Waals surface area (Å²) in [5.74, 6) is -3.30. The molecule has 0 unspecified atom stereocenters. The SMILES string of the molecule is C=CC(=O)O.C=CC=C.C=Cc1ccccc1.N#CC=Cc1cc(C(=O)O)ccc1C(=O)O. The van der Waals surface area contributed by atoms with E-state index in [0.29, 0.717) is 0 Å². The Balaban J connectivity index is 0. The van der Waals surface area contributed by atoms with Crippen LogP contribution in [0.1, 0.15) is 31.8 Å². The van der Waals surface area contributed by atoms with Crippen LogP contribution in [0, 0.1) is 11.3 Å². The van der Waals surface area contributed by atoms with E-state index in [0.717, 1.165) is 12.2 Å². The fourth-order valence-electron chi connectivity index (χ4n) is 1.74. The van der Waals surface area contributed by atoms with Gasteiger partial charge in [0.15, 0.2) is 0 Å². The van der Waals surface area contributed by atoms with Crippen LogP contribution in [-0.2, 0) is 4.79 Å². The molecule has 0 saturated heterocycles. The van der Waals surface area contributed by atoms with E-state index in [-0.39, 0.29) is 16.7 Å². The molecule has 0 atom stereocenters. The van der Waals surface area contributed by atoms with Crippen molar-refractivity contribution in [3.05, 3.63) is 121 Å². The summed E-state index contributed by atoms with van der Waals surface area (Å²) < 4.78 is 0. The molecule has 0 radical (unpaired) electrons. The van der Waals surface area contributed by atoms with Gasteiger partial charge in [0.1, 0.15) is 0 Å². The van der Waals surface area contributed by atoms with Gasteiger partial charge in [-0.1, -0.05) is 74.9 Å². The fourth-order valence-corrected chi connectivity index (χ4v) is 1.74. The Labute approximate surface area is 192 Å². The molecule has 7 heteroatoms. The van der Waals surface area contributed by atoms with Crippen molar-refractivity contribution in [1.29, 1.82) is 5.26 Å². The number of carboxylic acid groups (broad SMARTS) is 3. The van der Waals surface area contributed by atoms with Gasteiger partial charge >= 0.3 is 17.9 Å². The maximum absolute atomic E-state index is 10.8. The summed E-state index contributed by atoms with van der Waals surface area (Å²) in [6.45, 7) is 13.3. The van der Waals surface area contributed by atoms with Crippen molar-refractivity contribution in [2.45, 2.75) is 0 Å². The van der Waals surface area contributed by atoms with Crippen molar-refractivity contribution in [2.75, 3.05) is 0 Å². The second-order valence-corrected chi connectivity index (χ2v) is 5.50. The highest BCUT2D eigenvalue weighted by Gasteiger charge is 2.11. The number of aliphatic carboxylic acids is 1. The van der Waals surface area contributed by atoms with Crippen LogP contribution < -0.4 is 0 Å². The number of allylic oxidation sites excluding steroid dienone is 3. The zero-order chi connectivity index (χ0) is 25.6. The van der Waals surface area contributed by atoms with E-state index in [1.54, 1.807) is 18.2 Å². The standard InChI is InChI=1S/C11H7NO4.C8H8.C4H6.C3H4O2/c12-5-1-2-7-6-8(10(13)14)3-4-9(7)11(15)16;1-2-8-6-4-3-5-7-8;1-3-4-2;1-2-3(4)5/h1-4,6H,(H,13,14)(H,15,16);2-7H,1H2;3-4H,1-2H2;2H,1H2,(H,4,5). The number of carboxylic acids is 3. The molecule has 0 bridgehead atoms. The summed E-state index contributed by atoms with van der Waals surface area (Å²) in [7, 11) is 0. The van der Waals surface area contributed by atoms with E-state index in [1.165, 1.54) is 29.8 Å². The summed E-state index contributed by atoms with van der Waals surface area (Å²) in [4.78, 5) is 30.7. The second-order valence-electron chi connectivity index (χ2n) is 5.50. The molecule has 0 amide bonds. The molecule has 0 spiro atoms. The van der Waals surface area contributed by atoms with Crippen LogP contribution in [0.5, 0.6) is 0 Å². The Morgan fingerprint density at radius 2 is 1.39 bits per heavy atom. The average molecular weight is 447 g/mol. The third-order valence-electron chi connectivity index (χ3n) is 3.24. The van der Waals surface area contributed by atoms with Gasteiger partial charge in [-0.15, -0.1) is 0 Å². The lowest BCUT2D eigenvalue weighted by Gasteiger charge is -2.02. The van der Waals surface area contributed by atoms with Gasteiger partial charge in [-0.3, -0.25) is 0 Å². The van der Waals surface area contributed by atoms with Crippen molar-refractivity contribution in [2.24, 2.45) is 0 Å². The normalized spacial score (nSPS) is 8.45. The molecular weight excluding hydrogens is 422 g/mol. The number of carbonyl (C=O) groups is 3. The van der Waals surface area contributed by atoms with Gasteiger partial charge in [0.05, 0.1) is 17.2 Å². The molecule has 0 fully saturated rings. The second kappa shape index (κ2) is 19.0. The highest BCUT2D eigenvalue weighted by Crippen LogP contribution is 2.14. The summed E-state index contributed by atoms with van der Waals surface area (Å²) in [6, 6.07) is 15.3. The number of hydrogen-bond donors (Lipinski definition) is 3. The predicted molar refractivity (Wildman–Crippen MR) is 130 cm³/mol. The first-order valence-corrected chi connectivity index (χ1v) is 9.11.